The van der Waals surface area contributed by atoms with E-state index in [1.807, 2.05) is 6.07 Å². The van der Waals surface area contributed by atoms with Crippen LogP contribution in [0.15, 0.2) is 42.5 Å². The van der Waals surface area contributed by atoms with Crippen molar-refractivity contribution in [3.63, 3.8) is 0 Å². The van der Waals surface area contributed by atoms with E-state index < -0.39 is 11.7 Å². The van der Waals surface area contributed by atoms with Crippen molar-refractivity contribution in [3.05, 3.63) is 59.2 Å². The van der Waals surface area contributed by atoms with Gasteiger partial charge in [-0.2, -0.15) is 18.4 Å². The Bertz CT molecular complexity index is 747. The smallest absolute Gasteiger partial charge is 0.355 e. The van der Waals surface area contributed by atoms with Crippen LogP contribution in [0.4, 0.5) is 24.5 Å². The molecule has 0 bridgehead atoms. The lowest BCUT2D eigenvalue weighted by molar-refractivity contribution is -0.136. The van der Waals surface area contributed by atoms with Crippen LogP contribution in [-0.4, -0.2) is 4.90 Å². The van der Waals surface area contributed by atoms with Crippen molar-refractivity contribution >= 4 is 11.4 Å². The first-order chi connectivity index (χ1) is 10.5. The quantitative estimate of drug-likeness (QED) is 0.843. The molecule has 3 nitrogen and oxygen atoms in total. The number of nitrogens with one attached hydrogen (secondary N) is 1. The molecule has 0 saturated heterocycles. The Kier molecular flexibility index (Phi) is 3.41. The lowest BCUT2D eigenvalue weighted by Gasteiger charge is -2.16. The van der Waals surface area contributed by atoms with Gasteiger partial charge in [0.05, 0.1) is 24.3 Å². The second-order valence-corrected chi connectivity index (χ2v) is 5.07. The summed E-state index contributed by atoms with van der Waals surface area (Å²) in [6, 6.07) is 10.8. The van der Waals surface area contributed by atoms with E-state index >= 15 is 0 Å². The zero-order chi connectivity index (χ0) is 15.7. The lowest BCUT2D eigenvalue weighted by Crippen LogP contribution is -2.09. The maximum Gasteiger partial charge on any atom is 0.418 e. The molecule has 1 aliphatic heterocycles. The van der Waals surface area contributed by atoms with Gasteiger partial charge in [0.1, 0.15) is 0 Å². The second-order valence-electron chi connectivity index (χ2n) is 5.07. The maximum absolute atomic E-state index is 13.1. The van der Waals surface area contributed by atoms with E-state index in [4.69, 9.17) is 5.26 Å². The molecule has 1 N–H and O–H groups in total. The Balaban J connectivity index is 1.97. The average Bonchev–Trinajstić information content (AvgIpc) is 2.91. The summed E-state index contributed by atoms with van der Waals surface area (Å²) in [6.45, 7) is 0.894. The molecule has 0 amide bonds. The summed E-state index contributed by atoms with van der Waals surface area (Å²) in [7, 11) is 0. The average molecular weight is 303 g/mol. The van der Waals surface area contributed by atoms with E-state index in [1.165, 1.54) is 12.1 Å². The second kappa shape index (κ2) is 5.26. The van der Waals surface area contributed by atoms with Gasteiger partial charge in [-0.3, -0.25) is 0 Å². The fraction of sp³-hybridized carbons (Fsp3) is 0.188. The summed E-state index contributed by atoms with van der Waals surface area (Å²) in [6.07, 6.45) is -2.35. The molecular weight excluding hydrogens is 291 g/mol. The Morgan fingerprint density at radius 3 is 2.45 bits per heavy atom. The highest BCUT2D eigenvalue weighted by Crippen LogP contribution is 2.37. The third-order valence-electron chi connectivity index (χ3n) is 3.63. The van der Waals surface area contributed by atoms with Crippen molar-refractivity contribution in [2.24, 2.45) is 0 Å². The number of hydrogen-bond donors (Lipinski definition) is 1. The number of halogens is 3. The fourth-order valence-corrected chi connectivity index (χ4v) is 2.59. The van der Waals surface area contributed by atoms with Gasteiger partial charge in [0.2, 0.25) is 0 Å². The third-order valence-corrected chi connectivity index (χ3v) is 3.63. The van der Waals surface area contributed by atoms with Gasteiger partial charge in [-0.05, 0) is 23.8 Å². The zero-order valence-electron chi connectivity index (χ0n) is 11.5. The molecule has 0 atom stereocenters. The summed E-state index contributed by atoms with van der Waals surface area (Å²) in [5.74, 6) is 0. The molecule has 2 aromatic carbocycles. The molecule has 0 aliphatic carbocycles. The molecule has 1 heterocycles. The van der Waals surface area contributed by atoms with Crippen LogP contribution in [0, 0.1) is 11.5 Å². The maximum atomic E-state index is 13.1. The number of benzene rings is 2. The monoisotopic (exact) mass is 303 g/mol. The normalized spacial score (nSPS) is 13.6. The number of alkyl halides is 3. The van der Waals surface area contributed by atoms with Gasteiger partial charge in [0.15, 0.2) is 6.19 Å². The van der Waals surface area contributed by atoms with Gasteiger partial charge >= 0.3 is 6.18 Å². The van der Waals surface area contributed by atoms with E-state index in [9.17, 15) is 13.2 Å². The molecule has 0 saturated carbocycles. The van der Waals surface area contributed by atoms with Crippen molar-refractivity contribution in [1.82, 2.24) is 4.90 Å². The fourth-order valence-electron chi connectivity index (χ4n) is 2.59. The molecule has 22 heavy (non-hydrogen) atoms. The number of anilines is 2. The number of nitriles is 1. The Labute approximate surface area is 125 Å². The molecule has 3 rings (SSSR count). The van der Waals surface area contributed by atoms with Crippen LogP contribution in [-0.2, 0) is 19.3 Å². The Morgan fingerprint density at radius 2 is 1.73 bits per heavy atom. The first kappa shape index (κ1) is 14.3. The van der Waals surface area contributed by atoms with Crippen LogP contribution in [0.25, 0.3) is 0 Å². The molecule has 112 valence electrons. The molecule has 2 aromatic rings. The number of para-hydroxylation sites is 1. The summed E-state index contributed by atoms with van der Waals surface area (Å²) in [4.78, 5) is 1.56. The summed E-state index contributed by atoms with van der Waals surface area (Å²) in [5.41, 5.74) is 1.73. The topological polar surface area (TPSA) is 39.1 Å². The van der Waals surface area contributed by atoms with Crippen LogP contribution in [0.5, 0.6) is 0 Å². The SMILES string of the molecule is N#CN1Cc2cccc(Nc3ccccc3C(F)(F)F)c2C1. The van der Waals surface area contributed by atoms with Crippen molar-refractivity contribution < 1.29 is 13.2 Å². The minimum absolute atomic E-state index is 0.0128. The zero-order valence-corrected chi connectivity index (χ0v) is 11.5. The van der Waals surface area contributed by atoms with Crippen molar-refractivity contribution in [3.8, 4) is 6.19 Å². The number of hydrogen-bond acceptors (Lipinski definition) is 3. The van der Waals surface area contributed by atoms with E-state index in [0.717, 1.165) is 17.2 Å². The van der Waals surface area contributed by atoms with Crippen LogP contribution < -0.4 is 5.32 Å². The largest absolute Gasteiger partial charge is 0.418 e. The van der Waals surface area contributed by atoms with Gasteiger partial charge in [0, 0.05) is 11.3 Å². The Morgan fingerprint density at radius 1 is 1.00 bits per heavy atom. The predicted molar refractivity (Wildman–Crippen MR) is 76.0 cm³/mol. The predicted octanol–water partition coefficient (Wildman–Crippen LogP) is 4.25. The van der Waals surface area contributed by atoms with Gasteiger partial charge in [-0.1, -0.05) is 24.3 Å². The van der Waals surface area contributed by atoms with E-state index in [2.05, 4.69) is 11.5 Å². The van der Waals surface area contributed by atoms with Crippen LogP contribution in [0.1, 0.15) is 16.7 Å². The van der Waals surface area contributed by atoms with Crippen LogP contribution >= 0.6 is 0 Å². The summed E-state index contributed by atoms with van der Waals surface area (Å²) < 4.78 is 39.2. The van der Waals surface area contributed by atoms with Crippen molar-refractivity contribution in [2.45, 2.75) is 19.3 Å². The highest BCUT2D eigenvalue weighted by Gasteiger charge is 2.33. The van der Waals surface area contributed by atoms with Gasteiger partial charge < -0.3 is 10.2 Å². The first-order valence-electron chi connectivity index (χ1n) is 6.68. The lowest BCUT2D eigenvalue weighted by atomic mass is 10.1. The van der Waals surface area contributed by atoms with E-state index in [0.29, 0.717) is 18.8 Å². The number of rotatable bonds is 2. The van der Waals surface area contributed by atoms with Crippen LogP contribution in [0.2, 0.25) is 0 Å². The molecular formula is C16H12F3N3. The summed E-state index contributed by atoms with van der Waals surface area (Å²) in [5, 5.41) is 11.8. The van der Waals surface area contributed by atoms with Crippen LogP contribution in [0.3, 0.4) is 0 Å². The van der Waals surface area contributed by atoms with E-state index in [1.54, 1.807) is 23.1 Å². The van der Waals surface area contributed by atoms with Gasteiger partial charge in [-0.25, -0.2) is 0 Å². The number of nitrogens with zero attached hydrogens (tertiary/aromatic N) is 2. The molecule has 1 aliphatic rings. The molecule has 6 heteroatoms. The van der Waals surface area contributed by atoms with E-state index in [-0.39, 0.29) is 5.69 Å². The molecule has 0 aromatic heterocycles. The molecule has 0 fully saturated rings. The van der Waals surface area contributed by atoms with Crippen molar-refractivity contribution in [1.29, 1.82) is 5.26 Å². The standard InChI is InChI=1S/C16H12F3N3/c17-16(18,19)13-5-1-2-6-15(13)21-14-7-3-4-11-8-22(10-20)9-12(11)14/h1-7,21H,8-9H2. The Hall–Kier alpha value is -2.68. The summed E-state index contributed by atoms with van der Waals surface area (Å²) >= 11 is 0. The minimum Gasteiger partial charge on any atom is -0.355 e. The highest BCUT2D eigenvalue weighted by atomic mass is 19.4. The highest BCUT2D eigenvalue weighted by molar-refractivity contribution is 5.68. The third kappa shape index (κ3) is 2.58. The van der Waals surface area contributed by atoms with Crippen molar-refractivity contribution in [2.75, 3.05) is 5.32 Å². The first-order valence-corrected chi connectivity index (χ1v) is 6.68. The van der Waals surface area contributed by atoms with Gasteiger partial charge in [-0.15, -0.1) is 0 Å². The minimum atomic E-state index is -4.42. The number of fused-ring (bicyclic) bond motifs is 1. The molecule has 0 spiro atoms. The van der Waals surface area contributed by atoms with Gasteiger partial charge in [0.25, 0.3) is 0 Å². The molecule has 0 unspecified atom stereocenters. The molecule has 0 radical (unpaired) electrons.